The summed E-state index contributed by atoms with van der Waals surface area (Å²) >= 11 is 0. The molecule has 1 aromatic carbocycles. The summed E-state index contributed by atoms with van der Waals surface area (Å²) in [5, 5.41) is 4.31. The van der Waals surface area contributed by atoms with Crippen LogP contribution in [0, 0.1) is 0 Å². The summed E-state index contributed by atoms with van der Waals surface area (Å²) in [6.07, 6.45) is 5.85. The first kappa shape index (κ1) is 22.1. The maximum atomic E-state index is 12.7. The number of aromatic nitrogens is 4. The van der Waals surface area contributed by atoms with E-state index in [1.165, 1.54) is 6.33 Å². The number of primary amides is 1. The molecule has 11 heteroatoms. The summed E-state index contributed by atoms with van der Waals surface area (Å²) in [4.78, 5) is 36.3. The SMILES string of the molecule is NC(=O)CC(N)C(=O)N1CCc2cccc(OCC3CCCN3c3ccnc4ncnn34)c2C1. The molecule has 1 fully saturated rings. The predicted octanol–water partition coefficient (Wildman–Crippen LogP) is 0.260. The summed E-state index contributed by atoms with van der Waals surface area (Å²) in [7, 11) is 0. The second-order valence-corrected chi connectivity index (χ2v) is 8.76. The van der Waals surface area contributed by atoms with Gasteiger partial charge < -0.3 is 26.0 Å². The maximum absolute atomic E-state index is 12.7. The number of rotatable bonds is 7. The van der Waals surface area contributed by atoms with Crippen LogP contribution in [0.4, 0.5) is 5.82 Å². The molecule has 3 aromatic rings. The molecule has 5 rings (SSSR count). The fourth-order valence-electron chi connectivity index (χ4n) is 4.85. The van der Waals surface area contributed by atoms with Crippen LogP contribution in [0.1, 0.15) is 30.4 Å². The molecule has 0 radical (unpaired) electrons. The van der Waals surface area contributed by atoms with E-state index in [1.54, 1.807) is 15.6 Å². The van der Waals surface area contributed by atoms with Crippen molar-refractivity contribution in [3.63, 3.8) is 0 Å². The van der Waals surface area contributed by atoms with Gasteiger partial charge in [0.1, 0.15) is 24.5 Å². The third-order valence-electron chi connectivity index (χ3n) is 6.54. The monoisotopic (exact) mass is 464 g/mol. The molecule has 0 aliphatic carbocycles. The normalized spacial score (nSPS) is 18.7. The Bertz CT molecular complexity index is 1210. The summed E-state index contributed by atoms with van der Waals surface area (Å²) < 4.78 is 8.09. The van der Waals surface area contributed by atoms with Crippen LogP contribution >= 0.6 is 0 Å². The fourth-order valence-corrected chi connectivity index (χ4v) is 4.85. The summed E-state index contributed by atoms with van der Waals surface area (Å²) in [6, 6.07) is 7.19. The molecule has 2 aliphatic rings. The number of anilines is 1. The molecule has 11 nitrogen and oxygen atoms in total. The molecule has 178 valence electrons. The zero-order valence-electron chi connectivity index (χ0n) is 18.8. The van der Waals surface area contributed by atoms with Crippen LogP contribution in [0.5, 0.6) is 5.75 Å². The standard InChI is InChI=1S/C23H28N8O3/c24-18(11-20(25)32)22(33)29-10-7-15-3-1-5-19(17(15)12-29)34-13-16-4-2-9-30(16)21-6-8-26-23-27-14-28-31(21)23/h1,3,5-6,8,14,16,18H,2,4,7,9-13,24H2,(H2,25,32). The fraction of sp³-hybridized carbons (Fsp3) is 0.435. The van der Waals surface area contributed by atoms with Gasteiger partial charge in [-0.1, -0.05) is 12.1 Å². The second-order valence-electron chi connectivity index (χ2n) is 8.76. The Labute approximate surface area is 196 Å². The zero-order chi connectivity index (χ0) is 23.7. The minimum absolute atomic E-state index is 0.161. The van der Waals surface area contributed by atoms with Crippen molar-refractivity contribution in [2.24, 2.45) is 11.5 Å². The largest absolute Gasteiger partial charge is 0.491 e. The number of carbonyl (C=O) groups is 2. The molecule has 4 N–H and O–H groups in total. The van der Waals surface area contributed by atoms with Crippen molar-refractivity contribution in [3.8, 4) is 5.75 Å². The average molecular weight is 465 g/mol. The number of benzene rings is 1. The van der Waals surface area contributed by atoms with Gasteiger partial charge in [0.2, 0.25) is 11.8 Å². The maximum Gasteiger partial charge on any atom is 0.254 e. The van der Waals surface area contributed by atoms with E-state index < -0.39 is 11.9 Å². The Hall–Kier alpha value is -3.73. The molecular formula is C23H28N8O3. The van der Waals surface area contributed by atoms with Gasteiger partial charge in [-0.05, 0) is 37.0 Å². The highest BCUT2D eigenvalue weighted by Crippen LogP contribution is 2.31. The molecule has 34 heavy (non-hydrogen) atoms. The highest BCUT2D eigenvalue weighted by molar-refractivity contribution is 5.87. The van der Waals surface area contributed by atoms with Crippen molar-refractivity contribution < 1.29 is 14.3 Å². The lowest BCUT2D eigenvalue weighted by Crippen LogP contribution is -2.47. The minimum atomic E-state index is -0.923. The van der Waals surface area contributed by atoms with Gasteiger partial charge in [0, 0.05) is 31.4 Å². The highest BCUT2D eigenvalue weighted by atomic mass is 16.5. The Morgan fingerprint density at radius 3 is 2.94 bits per heavy atom. The first-order chi connectivity index (χ1) is 16.5. The number of hydrogen-bond acceptors (Lipinski definition) is 8. The van der Waals surface area contributed by atoms with Gasteiger partial charge in [-0.25, -0.2) is 4.98 Å². The van der Waals surface area contributed by atoms with Crippen molar-refractivity contribution in [1.82, 2.24) is 24.5 Å². The minimum Gasteiger partial charge on any atom is -0.491 e. The van der Waals surface area contributed by atoms with E-state index in [9.17, 15) is 9.59 Å². The van der Waals surface area contributed by atoms with Crippen LogP contribution in [0.2, 0.25) is 0 Å². The Morgan fingerprint density at radius 2 is 2.09 bits per heavy atom. The lowest BCUT2D eigenvalue weighted by molar-refractivity contribution is -0.135. The van der Waals surface area contributed by atoms with Gasteiger partial charge in [-0.15, -0.1) is 0 Å². The zero-order valence-corrected chi connectivity index (χ0v) is 18.8. The molecule has 2 unspecified atom stereocenters. The molecule has 0 saturated carbocycles. The number of fused-ring (bicyclic) bond motifs is 2. The van der Waals surface area contributed by atoms with E-state index in [1.807, 2.05) is 18.2 Å². The topological polar surface area (TPSA) is 145 Å². The van der Waals surface area contributed by atoms with Gasteiger partial charge >= 0.3 is 0 Å². The first-order valence-electron chi connectivity index (χ1n) is 11.5. The van der Waals surface area contributed by atoms with Crippen LogP contribution in [0.3, 0.4) is 0 Å². The molecule has 4 heterocycles. The number of ether oxygens (including phenoxy) is 1. The second kappa shape index (κ2) is 9.26. The van der Waals surface area contributed by atoms with E-state index >= 15 is 0 Å². The summed E-state index contributed by atoms with van der Waals surface area (Å²) in [5.41, 5.74) is 13.3. The molecule has 2 aromatic heterocycles. The molecule has 2 aliphatic heterocycles. The van der Waals surface area contributed by atoms with E-state index in [-0.39, 0.29) is 18.4 Å². The van der Waals surface area contributed by atoms with Gasteiger partial charge in [0.25, 0.3) is 5.78 Å². The smallest absolute Gasteiger partial charge is 0.254 e. The Balaban J connectivity index is 1.30. The number of hydrogen-bond donors (Lipinski definition) is 2. The van der Waals surface area contributed by atoms with Gasteiger partial charge in [-0.3, -0.25) is 9.59 Å². The average Bonchev–Trinajstić information content (AvgIpc) is 3.50. The van der Waals surface area contributed by atoms with E-state index in [0.717, 1.165) is 42.1 Å². The molecule has 0 bridgehead atoms. The van der Waals surface area contributed by atoms with Crippen LogP contribution < -0.4 is 21.1 Å². The lowest BCUT2D eigenvalue weighted by Gasteiger charge is -2.32. The molecule has 0 spiro atoms. The quantitative estimate of drug-likeness (QED) is 0.506. The van der Waals surface area contributed by atoms with Crippen molar-refractivity contribution in [2.75, 3.05) is 24.6 Å². The van der Waals surface area contributed by atoms with Crippen LogP contribution in [0.15, 0.2) is 36.8 Å². The van der Waals surface area contributed by atoms with E-state index in [2.05, 4.69) is 26.0 Å². The summed E-state index contributed by atoms with van der Waals surface area (Å²) in [5.74, 6) is 1.44. The third-order valence-corrected chi connectivity index (χ3v) is 6.54. The number of nitrogens with zero attached hydrogens (tertiary/aromatic N) is 6. The molecule has 2 amide bonds. The van der Waals surface area contributed by atoms with Crippen LogP contribution in [-0.4, -0.2) is 68.1 Å². The van der Waals surface area contributed by atoms with Crippen molar-refractivity contribution in [2.45, 2.75) is 44.3 Å². The van der Waals surface area contributed by atoms with Crippen molar-refractivity contribution in [3.05, 3.63) is 47.9 Å². The van der Waals surface area contributed by atoms with Crippen LogP contribution in [-0.2, 0) is 22.6 Å². The number of amides is 2. The molecular weight excluding hydrogens is 436 g/mol. The Kier molecular flexibility index (Phi) is 6.01. The van der Waals surface area contributed by atoms with Crippen LogP contribution in [0.25, 0.3) is 5.78 Å². The third kappa shape index (κ3) is 4.26. The van der Waals surface area contributed by atoms with E-state index in [4.69, 9.17) is 16.2 Å². The van der Waals surface area contributed by atoms with Gasteiger partial charge in [0.05, 0.1) is 18.5 Å². The number of carbonyl (C=O) groups excluding carboxylic acids is 2. The summed E-state index contributed by atoms with van der Waals surface area (Å²) in [6.45, 7) is 2.35. The van der Waals surface area contributed by atoms with E-state index in [0.29, 0.717) is 31.9 Å². The Morgan fingerprint density at radius 1 is 1.21 bits per heavy atom. The molecule has 2 atom stereocenters. The van der Waals surface area contributed by atoms with Crippen molar-refractivity contribution >= 4 is 23.4 Å². The highest BCUT2D eigenvalue weighted by Gasteiger charge is 2.30. The van der Waals surface area contributed by atoms with Gasteiger partial charge in [0.15, 0.2) is 0 Å². The first-order valence-corrected chi connectivity index (χ1v) is 11.5. The van der Waals surface area contributed by atoms with Crippen molar-refractivity contribution in [1.29, 1.82) is 0 Å². The molecule has 1 saturated heterocycles. The predicted molar refractivity (Wildman–Crippen MR) is 124 cm³/mol. The number of nitrogens with two attached hydrogens (primary N) is 2. The van der Waals surface area contributed by atoms with Gasteiger partial charge in [-0.2, -0.15) is 14.6 Å². The lowest BCUT2D eigenvalue weighted by atomic mass is 9.98.